The van der Waals surface area contributed by atoms with Crippen LogP contribution in [0.15, 0.2) is 144 Å². The first-order valence-electron chi connectivity index (χ1n) is 22.8. The molecule has 4 aromatic carbocycles. The maximum Gasteiger partial charge on any atom is 0.273 e. The summed E-state index contributed by atoms with van der Waals surface area (Å²) in [4.78, 5) is 43.1. The van der Waals surface area contributed by atoms with Gasteiger partial charge in [-0.25, -0.2) is 9.97 Å². The minimum absolute atomic E-state index is 0.100. The smallest absolute Gasteiger partial charge is 0.273 e. The number of benzene rings is 4. The molecule has 72 heavy (non-hydrogen) atoms. The van der Waals surface area contributed by atoms with Gasteiger partial charge < -0.3 is 39.3 Å². The number of carbonyl (C=O) groups excluding carboxylic acids is 2. The van der Waals surface area contributed by atoms with Crippen LogP contribution in [-0.4, -0.2) is 80.3 Å². The van der Waals surface area contributed by atoms with Gasteiger partial charge in [0.1, 0.15) is 43.6 Å². The highest BCUT2D eigenvalue weighted by Crippen LogP contribution is 2.37. The van der Waals surface area contributed by atoms with Gasteiger partial charge in [-0.15, -0.1) is 23.2 Å². The summed E-state index contributed by atoms with van der Waals surface area (Å²) in [7, 11) is 3.90. The minimum Gasteiger partial charge on any atom is -0.472 e. The zero-order chi connectivity index (χ0) is 52.5. The Hall–Kier alpha value is -6.04. The van der Waals surface area contributed by atoms with Gasteiger partial charge in [0, 0.05) is 48.7 Å². The third-order valence-electron chi connectivity index (χ3n) is 11.3. The van der Waals surface area contributed by atoms with Crippen LogP contribution >= 0.6 is 46.4 Å². The van der Waals surface area contributed by atoms with E-state index in [4.69, 9.17) is 70.0 Å². The van der Waals surface area contributed by atoms with E-state index in [9.17, 15) is 14.7 Å². The molecule has 0 aliphatic carbocycles. The monoisotopic (exact) mass is 1080 g/mol. The Morgan fingerprint density at radius 2 is 1.00 bits per heavy atom. The number of alkyl halides is 2. The van der Waals surface area contributed by atoms with Crippen molar-refractivity contribution in [2.24, 2.45) is 10.3 Å². The van der Waals surface area contributed by atoms with E-state index < -0.39 is 14.4 Å². The number of carbonyl (C=O) groups is 2. The molecule has 0 saturated carbocycles. The first-order valence-corrected chi connectivity index (χ1v) is 27.2. The summed E-state index contributed by atoms with van der Waals surface area (Å²) in [6.45, 7) is 6.89. The van der Waals surface area contributed by atoms with Crippen molar-refractivity contribution in [1.82, 2.24) is 20.6 Å². The van der Waals surface area contributed by atoms with Gasteiger partial charge in [0.2, 0.25) is 11.8 Å². The molecule has 6 rings (SSSR count). The van der Waals surface area contributed by atoms with Crippen LogP contribution in [0.2, 0.25) is 28.2 Å². The Labute approximate surface area is 442 Å². The third-order valence-corrected chi connectivity index (χ3v) is 16.5. The van der Waals surface area contributed by atoms with Gasteiger partial charge in [0.25, 0.3) is 11.8 Å². The molecule has 0 fully saturated rings. The van der Waals surface area contributed by atoms with Crippen LogP contribution in [0.5, 0.6) is 11.8 Å². The normalized spacial score (nSPS) is 12.2. The molecule has 0 bridgehead atoms. The van der Waals surface area contributed by atoms with Crippen molar-refractivity contribution in [3.05, 3.63) is 188 Å². The van der Waals surface area contributed by atoms with E-state index >= 15 is 0 Å². The summed E-state index contributed by atoms with van der Waals surface area (Å²) in [6.07, 6.45) is 2.18. The van der Waals surface area contributed by atoms with Gasteiger partial charge >= 0.3 is 0 Å². The Kier molecular flexibility index (Phi) is 25.0. The number of hydrogen-bond donors (Lipinski definition) is 3. The predicted molar refractivity (Wildman–Crippen MR) is 289 cm³/mol. The topological polar surface area (TPSA) is 175 Å². The van der Waals surface area contributed by atoms with Gasteiger partial charge in [-0.3, -0.25) is 9.59 Å². The Bertz CT molecular complexity index is 2690. The molecule has 2 amide bonds. The molecule has 2 unspecified atom stereocenters. The molecule has 0 saturated heterocycles. The number of rotatable bonds is 21. The predicted octanol–water partition coefficient (Wildman–Crippen LogP) is 11.4. The van der Waals surface area contributed by atoms with E-state index in [2.05, 4.69) is 63.8 Å². The standard InChI is InChI=1S/C29H36ClN3O4Si.C23H22ClN3O4.CH2Cl2/c1-6-38(7-2,8-3)37-27(21-14-10-9-11-15-21)23-18-25(30)29(32-19-23)36-20-22-16-12-13-17-24(22)26(33-35-5)28(34)31-4;1-25-22(29)20(27-30-2)18-11-7-6-10-16(18)14-31-23-19(24)12-17(13-26-23)21(28)15-8-4-3-5-9-15;2-1-3/h9-19,27H,6-8,20H2,1-5H3,(H,31,34);3-13,21,28H,14H2,1-2H3,(H,25,29);1H2/b33-26+;27-20+;. The molecule has 0 aliphatic heterocycles. The maximum absolute atomic E-state index is 12.4. The van der Waals surface area contributed by atoms with Crippen LogP contribution in [-0.2, 0) is 36.9 Å². The van der Waals surface area contributed by atoms with E-state index in [0.717, 1.165) is 40.4 Å². The molecule has 2 atom stereocenters. The number of amides is 2. The van der Waals surface area contributed by atoms with Crippen molar-refractivity contribution < 1.29 is 38.3 Å². The van der Waals surface area contributed by atoms with Crippen molar-refractivity contribution >= 4 is 78.0 Å². The lowest BCUT2D eigenvalue weighted by molar-refractivity contribution is -0.115. The average molecular weight is 1080 g/mol. The number of halogens is 4. The van der Waals surface area contributed by atoms with Crippen molar-refractivity contribution in [1.29, 1.82) is 0 Å². The Balaban J connectivity index is 0.000000302. The maximum atomic E-state index is 12.4. The second-order valence-electron chi connectivity index (χ2n) is 15.5. The Morgan fingerprint density at radius 3 is 1.40 bits per heavy atom. The summed E-state index contributed by atoms with van der Waals surface area (Å²) in [6, 6.07) is 40.5. The second-order valence-corrected chi connectivity index (χ2v) is 21.8. The number of nitrogens with one attached hydrogen (secondary N) is 2. The van der Waals surface area contributed by atoms with Gasteiger partial charge in [-0.2, -0.15) is 0 Å². The zero-order valence-corrected chi connectivity index (χ0v) is 45.2. The first-order chi connectivity index (χ1) is 34.9. The van der Waals surface area contributed by atoms with Crippen LogP contribution in [0.4, 0.5) is 0 Å². The van der Waals surface area contributed by atoms with E-state index in [-0.39, 0.29) is 58.8 Å². The lowest BCUT2D eigenvalue weighted by Gasteiger charge is -2.33. The average Bonchev–Trinajstić information content (AvgIpc) is 3.42. The van der Waals surface area contributed by atoms with Crippen LogP contribution in [0.3, 0.4) is 0 Å². The van der Waals surface area contributed by atoms with E-state index in [1.807, 2.05) is 84.9 Å². The summed E-state index contributed by atoms with van der Waals surface area (Å²) in [5.74, 6) is -0.236. The fourth-order valence-electron chi connectivity index (χ4n) is 7.31. The summed E-state index contributed by atoms with van der Waals surface area (Å²) < 4.78 is 18.7. The number of nitrogens with zero attached hydrogens (tertiary/aromatic N) is 4. The van der Waals surface area contributed by atoms with E-state index in [1.54, 1.807) is 37.5 Å². The quantitative estimate of drug-likeness (QED) is 0.0272. The summed E-state index contributed by atoms with van der Waals surface area (Å²) >= 11 is 22.6. The lowest BCUT2D eigenvalue weighted by atomic mass is 10.0. The molecule has 2 aromatic heterocycles. The highest BCUT2D eigenvalue weighted by molar-refractivity contribution is 6.73. The summed E-state index contributed by atoms with van der Waals surface area (Å²) in [5, 5.41) is 24.3. The number of aliphatic hydroxyl groups excluding tert-OH is 1. The molecular weight excluding hydrogens is 1020 g/mol. The molecule has 2 heterocycles. The second kappa shape index (κ2) is 30.7. The van der Waals surface area contributed by atoms with Crippen LogP contribution in [0.25, 0.3) is 0 Å². The Morgan fingerprint density at radius 1 is 0.611 bits per heavy atom. The van der Waals surface area contributed by atoms with Crippen LogP contribution in [0, 0.1) is 0 Å². The molecule has 19 heteroatoms. The molecule has 0 radical (unpaired) electrons. The van der Waals surface area contributed by atoms with Gasteiger partial charge in [-0.05, 0) is 52.5 Å². The molecule has 3 N–H and O–H groups in total. The SMILES string of the molecule is CC[Si](CC)(CC)OC(c1ccccc1)c1cnc(OCc2ccccc2/C(=N\OC)C(=O)NC)c(Cl)c1.CNC(=O)/C(=N/OC)c1ccccc1COc1ncc(C(O)c2ccccc2)cc1Cl.ClCCl. The number of aliphatic hydroxyl groups is 1. The molecule has 0 spiro atoms. The molecule has 14 nitrogen and oxygen atoms in total. The summed E-state index contributed by atoms with van der Waals surface area (Å²) in [5.41, 5.74) is 6.13. The largest absolute Gasteiger partial charge is 0.472 e. The van der Waals surface area contributed by atoms with E-state index in [1.165, 1.54) is 27.5 Å². The third kappa shape index (κ3) is 16.5. The first kappa shape index (κ1) is 58.5. The van der Waals surface area contributed by atoms with Gasteiger partial charge in [-0.1, -0.05) is 163 Å². The van der Waals surface area contributed by atoms with Gasteiger partial charge in [0.15, 0.2) is 19.7 Å². The lowest BCUT2D eigenvalue weighted by Crippen LogP contribution is -2.37. The fraction of sp³-hybridized carbons (Fsp3) is 0.283. The number of oxime groups is 2. The minimum atomic E-state index is -1.93. The highest BCUT2D eigenvalue weighted by Gasteiger charge is 2.34. The number of ether oxygens (including phenoxy) is 2. The van der Waals surface area contributed by atoms with Crippen molar-refractivity contribution in [3.8, 4) is 11.8 Å². The zero-order valence-electron chi connectivity index (χ0n) is 41.2. The molecular formula is C53H60Cl4N6O8Si. The van der Waals surface area contributed by atoms with Gasteiger partial charge in [0.05, 0.1) is 11.4 Å². The number of likely N-dealkylation sites (N-methyl/N-ethyl adjacent to an activating group) is 2. The van der Waals surface area contributed by atoms with E-state index in [0.29, 0.717) is 33.2 Å². The van der Waals surface area contributed by atoms with Crippen molar-refractivity contribution in [3.63, 3.8) is 0 Å². The number of aromatic nitrogens is 2. The fourth-order valence-corrected chi connectivity index (χ4v) is 10.5. The number of hydrogen-bond acceptors (Lipinski definition) is 12. The molecule has 0 aliphatic rings. The molecule has 382 valence electrons. The van der Waals surface area contributed by atoms with Crippen LogP contribution in [0.1, 0.15) is 77.5 Å². The van der Waals surface area contributed by atoms with Crippen molar-refractivity contribution in [2.75, 3.05) is 33.7 Å². The molecule has 6 aromatic rings. The highest BCUT2D eigenvalue weighted by atomic mass is 35.5. The number of pyridine rings is 2. The van der Waals surface area contributed by atoms with Crippen molar-refractivity contribution in [2.45, 2.75) is 64.3 Å². The van der Waals surface area contributed by atoms with Crippen LogP contribution < -0.4 is 20.1 Å².